The van der Waals surface area contributed by atoms with Gasteiger partial charge in [-0.3, -0.25) is 4.99 Å². The molecule has 2 aromatic rings. The molecule has 0 saturated carbocycles. The third-order valence-electron chi connectivity index (χ3n) is 5.00. The van der Waals surface area contributed by atoms with Crippen molar-refractivity contribution >= 4 is 11.8 Å². The van der Waals surface area contributed by atoms with E-state index >= 15 is 0 Å². The molecule has 1 fully saturated rings. The van der Waals surface area contributed by atoms with Crippen molar-refractivity contribution in [2.24, 2.45) is 10.9 Å². The molecule has 0 aliphatic carbocycles. The van der Waals surface area contributed by atoms with E-state index in [9.17, 15) is 4.39 Å². The van der Waals surface area contributed by atoms with Crippen LogP contribution in [0.3, 0.4) is 0 Å². The van der Waals surface area contributed by atoms with Gasteiger partial charge in [-0.25, -0.2) is 9.37 Å². The zero-order valence-corrected chi connectivity index (χ0v) is 16.1. The highest BCUT2D eigenvalue weighted by Crippen LogP contribution is 2.21. The minimum atomic E-state index is -0.215. The van der Waals surface area contributed by atoms with Gasteiger partial charge in [0.1, 0.15) is 11.6 Å². The Hall–Kier alpha value is -2.63. The van der Waals surface area contributed by atoms with E-state index in [1.165, 1.54) is 18.9 Å². The van der Waals surface area contributed by atoms with Crippen molar-refractivity contribution in [1.29, 1.82) is 0 Å². The molecule has 1 aliphatic heterocycles. The zero-order chi connectivity index (χ0) is 19.1. The minimum Gasteiger partial charge on any atom is -0.357 e. The first kappa shape index (κ1) is 19.1. The van der Waals surface area contributed by atoms with Crippen LogP contribution in [0.4, 0.5) is 10.2 Å². The minimum absolute atomic E-state index is 0.215. The van der Waals surface area contributed by atoms with Crippen LogP contribution in [0, 0.1) is 11.7 Å². The number of piperidine rings is 1. The summed E-state index contributed by atoms with van der Waals surface area (Å²) in [6.07, 6.45) is 4.37. The van der Waals surface area contributed by atoms with Gasteiger partial charge in [-0.1, -0.05) is 31.2 Å². The summed E-state index contributed by atoms with van der Waals surface area (Å²) in [5, 5.41) is 6.38. The van der Waals surface area contributed by atoms with Crippen LogP contribution in [0.2, 0.25) is 0 Å². The molecule has 2 N–H and O–H groups in total. The van der Waals surface area contributed by atoms with Gasteiger partial charge in [0.15, 0.2) is 5.96 Å². The number of nitrogens with zero attached hydrogens (tertiary/aromatic N) is 3. The maximum absolute atomic E-state index is 13.7. The van der Waals surface area contributed by atoms with Gasteiger partial charge >= 0.3 is 0 Å². The summed E-state index contributed by atoms with van der Waals surface area (Å²) in [4.78, 5) is 11.2. The second kappa shape index (κ2) is 9.35. The summed E-state index contributed by atoms with van der Waals surface area (Å²) in [5.74, 6) is 2.28. The lowest BCUT2D eigenvalue weighted by atomic mass is 9.99. The summed E-state index contributed by atoms with van der Waals surface area (Å²) in [6, 6.07) is 10.9. The molecule has 6 heteroatoms. The fourth-order valence-electron chi connectivity index (χ4n) is 3.17. The molecule has 0 amide bonds. The lowest BCUT2D eigenvalue weighted by Crippen LogP contribution is -2.36. The van der Waals surface area contributed by atoms with Crippen molar-refractivity contribution in [2.75, 3.05) is 25.0 Å². The van der Waals surface area contributed by atoms with Crippen molar-refractivity contribution in [2.45, 2.75) is 32.9 Å². The number of hydrogen-bond acceptors (Lipinski definition) is 3. The Morgan fingerprint density at radius 1 is 1.15 bits per heavy atom. The monoisotopic (exact) mass is 369 g/mol. The third kappa shape index (κ3) is 5.42. The standard InChI is InChI=1S/C21H28FN5/c1-16-9-11-27(12-10-16)20-8-7-17(13-24-20)14-25-21(23-2)26-15-18-5-3-4-6-19(18)22/h3-8,13,16H,9-12,14-15H2,1-2H3,(H2,23,25,26). The number of anilines is 1. The predicted molar refractivity (Wildman–Crippen MR) is 108 cm³/mol. The van der Waals surface area contributed by atoms with E-state index in [1.54, 1.807) is 19.2 Å². The van der Waals surface area contributed by atoms with Crippen molar-refractivity contribution in [3.63, 3.8) is 0 Å². The highest BCUT2D eigenvalue weighted by atomic mass is 19.1. The highest BCUT2D eigenvalue weighted by molar-refractivity contribution is 5.79. The average molecular weight is 369 g/mol. The first-order chi connectivity index (χ1) is 13.2. The molecule has 0 spiro atoms. The lowest BCUT2D eigenvalue weighted by molar-refractivity contribution is 0.436. The molecule has 0 radical (unpaired) electrons. The first-order valence-electron chi connectivity index (χ1n) is 9.53. The molecule has 1 aromatic heterocycles. The van der Waals surface area contributed by atoms with Crippen LogP contribution in [-0.4, -0.2) is 31.1 Å². The Morgan fingerprint density at radius 3 is 2.56 bits per heavy atom. The number of hydrogen-bond donors (Lipinski definition) is 2. The highest BCUT2D eigenvalue weighted by Gasteiger charge is 2.16. The molecule has 2 heterocycles. The summed E-state index contributed by atoms with van der Waals surface area (Å²) in [6.45, 7) is 5.47. The molecule has 5 nitrogen and oxygen atoms in total. The van der Waals surface area contributed by atoms with Crippen LogP contribution in [-0.2, 0) is 13.1 Å². The van der Waals surface area contributed by atoms with Crippen LogP contribution in [0.25, 0.3) is 0 Å². The van der Waals surface area contributed by atoms with E-state index in [0.29, 0.717) is 24.6 Å². The average Bonchev–Trinajstić information content (AvgIpc) is 2.70. The lowest BCUT2D eigenvalue weighted by Gasteiger charge is -2.31. The largest absolute Gasteiger partial charge is 0.357 e. The summed E-state index contributed by atoms with van der Waals surface area (Å²) in [5.41, 5.74) is 1.69. The Bertz CT molecular complexity index is 751. The number of aliphatic imine (C=N–C) groups is 1. The topological polar surface area (TPSA) is 52.6 Å². The second-order valence-corrected chi connectivity index (χ2v) is 7.06. The van der Waals surface area contributed by atoms with E-state index in [0.717, 1.165) is 30.4 Å². The number of guanidine groups is 1. The Kier molecular flexibility index (Phi) is 6.63. The molecule has 1 aliphatic rings. The smallest absolute Gasteiger partial charge is 0.191 e. The van der Waals surface area contributed by atoms with E-state index in [4.69, 9.17) is 0 Å². The number of nitrogens with one attached hydrogen (secondary N) is 2. The fourth-order valence-corrected chi connectivity index (χ4v) is 3.17. The van der Waals surface area contributed by atoms with E-state index in [2.05, 4.69) is 44.6 Å². The predicted octanol–water partition coefficient (Wildman–Crippen LogP) is 3.32. The van der Waals surface area contributed by atoms with Crippen molar-refractivity contribution in [3.8, 4) is 0 Å². The zero-order valence-electron chi connectivity index (χ0n) is 16.1. The van der Waals surface area contributed by atoms with Crippen molar-refractivity contribution in [3.05, 3.63) is 59.5 Å². The molecule has 1 saturated heterocycles. The van der Waals surface area contributed by atoms with E-state index in [-0.39, 0.29) is 5.82 Å². The van der Waals surface area contributed by atoms with Gasteiger partial charge in [0.05, 0.1) is 0 Å². The Balaban J connectivity index is 1.49. The Labute approximate surface area is 160 Å². The first-order valence-corrected chi connectivity index (χ1v) is 9.53. The number of pyridine rings is 1. The van der Waals surface area contributed by atoms with Crippen molar-refractivity contribution < 1.29 is 4.39 Å². The molecular formula is C21H28FN5. The van der Waals surface area contributed by atoms with Gasteiger partial charge < -0.3 is 15.5 Å². The molecule has 0 bridgehead atoms. The SMILES string of the molecule is CN=C(NCc1ccc(N2CCC(C)CC2)nc1)NCc1ccccc1F. The maximum atomic E-state index is 13.7. The van der Waals surface area contributed by atoms with Gasteiger partial charge in [0.25, 0.3) is 0 Å². The van der Waals surface area contributed by atoms with E-state index in [1.807, 2.05) is 12.3 Å². The third-order valence-corrected chi connectivity index (χ3v) is 5.00. The number of halogens is 1. The normalized spacial score (nSPS) is 15.7. The maximum Gasteiger partial charge on any atom is 0.191 e. The molecular weight excluding hydrogens is 341 g/mol. The summed E-state index contributed by atoms with van der Waals surface area (Å²) < 4.78 is 13.7. The number of aromatic nitrogens is 1. The quantitative estimate of drug-likeness (QED) is 0.627. The van der Waals surface area contributed by atoms with Gasteiger partial charge in [-0.05, 0) is 36.5 Å². The van der Waals surface area contributed by atoms with E-state index < -0.39 is 0 Å². The second-order valence-electron chi connectivity index (χ2n) is 7.06. The molecule has 144 valence electrons. The molecule has 0 atom stereocenters. The van der Waals surface area contributed by atoms with Gasteiger partial charge in [-0.2, -0.15) is 0 Å². The van der Waals surface area contributed by atoms with Gasteiger partial charge in [-0.15, -0.1) is 0 Å². The van der Waals surface area contributed by atoms with Crippen LogP contribution in [0.1, 0.15) is 30.9 Å². The molecule has 0 unspecified atom stereocenters. The molecule has 3 rings (SSSR count). The number of benzene rings is 1. The molecule has 27 heavy (non-hydrogen) atoms. The van der Waals surface area contributed by atoms with Crippen LogP contribution >= 0.6 is 0 Å². The van der Waals surface area contributed by atoms with Gasteiger partial charge in [0.2, 0.25) is 0 Å². The fraction of sp³-hybridized carbons (Fsp3) is 0.429. The van der Waals surface area contributed by atoms with Crippen molar-refractivity contribution in [1.82, 2.24) is 15.6 Å². The van der Waals surface area contributed by atoms with Crippen LogP contribution in [0.15, 0.2) is 47.6 Å². The summed E-state index contributed by atoms with van der Waals surface area (Å²) in [7, 11) is 1.70. The number of rotatable bonds is 5. The van der Waals surface area contributed by atoms with Crippen LogP contribution < -0.4 is 15.5 Å². The molecule has 1 aromatic carbocycles. The van der Waals surface area contributed by atoms with Gasteiger partial charge in [0, 0.05) is 45.0 Å². The summed E-state index contributed by atoms with van der Waals surface area (Å²) >= 11 is 0. The Morgan fingerprint density at radius 2 is 1.89 bits per heavy atom. The van der Waals surface area contributed by atoms with Crippen LogP contribution in [0.5, 0.6) is 0 Å².